The second-order valence-corrected chi connectivity index (χ2v) is 6.13. The van der Waals surface area contributed by atoms with Crippen LogP contribution in [-0.4, -0.2) is 19.3 Å². The molecule has 0 aromatic heterocycles. The first-order chi connectivity index (χ1) is 8.63. The normalized spacial score (nSPS) is 22.2. The lowest BCUT2D eigenvalue weighted by atomic mass is 9.89. The van der Waals surface area contributed by atoms with E-state index in [1.807, 2.05) is 0 Å². The maximum Gasteiger partial charge on any atom is 0.175 e. The molecule has 4 heteroatoms. The molecule has 1 aromatic rings. The molecule has 1 heterocycles. The molecule has 0 spiro atoms. The first-order valence-electron chi connectivity index (χ1n) is 6.49. The molecule has 0 saturated heterocycles. The summed E-state index contributed by atoms with van der Waals surface area (Å²) in [7, 11) is 0. The molecule has 1 unspecified atom stereocenters. The van der Waals surface area contributed by atoms with E-state index in [0.29, 0.717) is 13.2 Å². The van der Waals surface area contributed by atoms with E-state index in [4.69, 9.17) is 15.2 Å². The molecule has 0 bridgehead atoms. The highest BCUT2D eigenvalue weighted by atomic mass is 79.9. The highest BCUT2D eigenvalue weighted by Gasteiger charge is 2.48. The number of hydrogen-bond acceptors (Lipinski definition) is 3. The van der Waals surface area contributed by atoms with Crippen molar-refractivity contribution in [1.82, 2.24) is 0 Å². The summed E-state index contributed by atoms with van der Waals surface area (Å²) in [4.78, 5) is 0. The average Bonchev–Trinajstić information content (AvgIpc) is 3.13. The van der Waals surface area contributed by atoms with Crippen molar-refractivity contribution in [3.05, 3.63) is 22.2 Å². The maximum absolute atomic E-state index is 6.13. The van der Waals surface area contributed by atoms with Gasteiger partial charge in [0.1, 0.15) is 0 Å². The van der Waals surface area contributed by atoms with E-state index in [1.165, 1.54) is 5.56 Å². The lowest BCUT2D eigenvalue weighted by Crippen LogP contribution is -2.31. The van der Waals surface area contributed by atoms with E-state index < -0.39 is 0 Å². The number of nitrogens with two attached hydrogens (primary N) is 1. The Bertz CT molecular complexity index is 469. The summed E-state index contributed by atoms with van der Waals surface area (Å²) in [5.74, 6) is 1.68. The fourth-order valence-corrected chi connectivity index (χ4v) is 3.22. The number of ether oxygens (including phenoxy) is 2. The minimum atomic E-state index is 0.146. The summed E-state index contributed by atoms with van der Waals surface area (Å²) < 4.78 is 12.5. The molecule has 1 atom stereocenters. The van der Waals surface area contributed by atoms with E-state index in [1.54, 1.807) is 0 Å². The first kappa shape index (κ1) is 12.3. The van der Waals surface area contributed by atoms with Crippen molar-refractivity contribution < 1.29 is 9.47 Å². The van der Waals surface area contributed by atoms with Gasteiger partial charge in [0.15, 0.2) is 11.5 Å². The molecular weight excluding hydrogens is 294 g/mol. The van der Waals surface area contributed by atoms with Crippen molar-refractivity contribution in [1.29, 1.82) is 0 Å². The van der Waals surface area contributed by atoms with Gasteiger partial charge in [0.2, 0.25) is 0 Å². The topological polar surface area (TPSA) is 44.5 Å². The van der Waals surface area contributed by atoms with Crippen LogP contribution < -0.4 is 15.2 Å². The molecule has 1 aromatic carbocycles. The van der Waals surface area contributed by atoms with Crippen LogP contribution >= 0.6 is 15.9 Å². The van der Waals surface area contributed by atoms with Crippen LogP contribution in [-0.2, 0) is 5.41 Å². The Morgan fingerprint density at radius 1 is 1.28 bits per heavy atom. The van der Waals surface area contributed by atoms with Crippen LogP contribution in [0.15, 0.2) is 16.6 Å². The van der Waals surface area contributed by atoms with Crippen LogP contribution in [0.25, 0.3) is 0 Å². The van der Waals surface area contributed by atoms with Gasteiger partial charge in [-0.25, -0.2) is 0 Å². The van der Waals surface area contributed by atoms with Crippen molar-refractivity contribution in [2.45, 2.75) is 37.6 Å². The molecule has 2 aliphatic rings. The lowest BCUT2D eigenvalue weighted by Gasteiger charge is -2.22. The van der Waals surface area contributed by atoms with Crippen molar-refractivity contribution in [2.24, 2.45) is 5.73 Å². The Labute approximate surface area is 116 Å². The monoisotopic (exact) mass is 311 g/mol. The zero-order chi connectivity index (χ0) is 12.8. The SMILES string of the molecule is CC(N)C1(c2cc(Br)c3c(c2)OCCCO3)CC1. The third-order valence-electron chi connectivity index (χ3n) is 4.04. The molecule has 1 aliphatic carbocycles. The van der Waals surface area contributed by atoms with Gasteiger partial charge in [-0.2, -0.15) is 0 Å². The second-order valence-electron chi connectivity index (χ2n) is 5.28. The van der Waals surface area contributed by atoms with Gasteiger partial charge in [-0.1, -0.05) is 0 Å². The average molecular weight is 312 g/mol. The van der Waals surface area contributed by atoms with Crippen LogP contribution in [0.5, 0.6) is 11.5 Å². The predicted octanol–water partition coefficient (Wildman–Crippen LogP) is 2.99. The number of halogens is 1. The van der Waals surface area contributed by atoms with Gasteiger partial charge >= 0.3 is 0 Å². The minimum Gasteiger partial charge on any atom is -0.490 e. The Hall–Kier alpha value is -0.740. The van der Waals surface area contributed by atoms with Crippen LogP contribution in [0.2, 0.25) is 0 Å². The van der Waals surface area contributed by atoms with Gasteiger partial charge < -0.3 is 15.2 Å². The molecule has 3 nitrogen and oxygen atoms in total. The van der Waals surface area contributed by atoms with Crippen molar-refractivity contribution >= 4 is 15.9 Å². The van der Waals surface area contributed by atoms with E-state index in [9.17, 15) is 0 Å². The standard InChI is InChI=1S/C14H18BrNO2/c1-9(16)14(3-4-14)10-7-11(15)13-12(8-10)17-5-2-6-18-13/h7-9H,2-6,16H2,1H3. The van der Waals surface area contributed by atoms with E-state index in [2.05, 4.69) is 35.0 Å². The van der Waals surface area contributed by atoms with E-state index in [0.717, 1.165) is 35.2 Å². The van der Waals surface area contributed by atoms with Gasteiger partial charge in [-0.3, -0.25) is 0 Å². The van der Waals surface area contributed by atoms with Gasteiger partial charge in [-0.05, 0) is 53.4 Å². The van der Waals surface area contributed by atoms with Crippen LogP contribution in [0.4, 0.5) is 0 Å². The fourth-order valence-electron chi connectivity index (χ4n) is 2.66. The van der Waals surface area contributed by atoms with Crippen LogP contribution in [0.3, 0.4) is 0 Å². The minimum absolute atomic E-state index is 0.146. The van der Waals surface area contributed by atoms with E-state index in [-0.39, 0.29) is 11.5 Å². The van der Waals surface area contributed by atoms with Crippen LogP contribution in [0, 0.1) is 0 Å². The third-order valence-corrected chi connectivity index (χ3v) is 4.63. The zero-order valence-electron chi connectivity index (χ0n) is 10.5. The van der Waals surface area contributed by atoms with Crippen molar-refractivity contribution in [3.8, 4) is 11.5 Å². The van der Waals surface area contributed by atoms with Gasteiger partial charge in [0.25, 0.3) is 0 Å². The number of benzene rings is 1. The van der Waals surface area contributed by atoms with E-state index >= 15 is 0 Å². The lowest BCUT2D eigenvalue weighted by molar-refractivity contribution is 0.296. The smallest absolute Gasteiger partial charge is 0.175 e. The number of hydrogen-bond donors (Lipinski definition) is 1. The molecule has 2 N–H and O–H groups in total. The highest BCUT2D eigenvalue weighted by Crippen LogP contribution is 2.53. The van der Waals surface area contributed by atoms with Gasteiger partial charge in [-0.15, -0.1) is 0 Å². The summed E-state index contributed by atoms with van der Waals surface area (Å²) in [5, 5.41) is 0. The quantitative estimate of drug-likeness (QED) is 0.913. The summed E-state index contributed by atoms with van der Waals surface area (Å²) in [6.07, 6.45) is 3.25. The molecule has 0 radical (unpaired) electrons. The largest absolute Gasteiger partial charge is 0.490 e. The summed E-state index contributed by atoms with van der Waals surface area (Å²) in [5.41, 5.74) is 7.55. The Balaban J connectivity index is 2.03. The molecule has 1 saturated carbocycles. The van der Waals surface area contributed by atoms with Crippen LogP contribution in [0.1, 0.15) is 31.7 Å². The van der Waals surface area contributed by atoms with Crippen molar-refractivity contribution in [2.75, 3.05) is 13.2 Å². The molecule has 1 aliphatic heterocycles. The molecule has 0 amide bonds. The first-order valence-corrected chi connectivity index (χ1v) is 7.28. The van der Waals surface area contributed by atoms with Gasteiger partial charge in [0, 0.05) is 17.9 Å². The van der Waals surface area contributed by atoms with Crippen molar-refractivity contribution in [3.63, 3.8) is 0 Å². The zero-order valence-corrected chi connectivity index (χ0v) is 12.1. The Morgan fingerprint density at radius 2 is 2.00 bits per heavy atom. The third kappa shape index (κ3) is 1.91. The van der Waals surface area contributed by atoms with Gasteiger partial charge in [0.05, 0.1) is 17.7 Å². The maximum atomic E-state index is 6.13. The fraction of sp³-hybridized carbons (Fsp3) is 0.571. The molecule has 1 fully saturated rings. The number of fused-ring (bicyclic) bond motifs is 1. The molecule has 18 heavy (non-hydrogen) atoms. The Kier molecular flexibility index (Phi) is 3.02. The molecule has 98 valence electrons. The molecular formula is C14H18BrNO2. The second kappa shape index (κ2) is 4.42. The predicted molar refractivity (Wildman–Crippen MR) is 74.3 cm³/mol. The number of rotatable bonds is 2. The summed E-state index contributed by atoms with van der Waals surface area (Å²) in [6, 6.07) is 4.43. The Morgan fingerprint density at radius 3 is 2.67 bits per heavy atom. The molecule has 3 rings (SSSR count). The highest BCUT2D eigenvalue weighted by molar-refractivity contribution is 9.10. The summed E-state index contributed by atoms with van der Waals surface area (Å²) in [6.45, 7) is 3.52. The summed E-state index contributed by atoms with van der Waals surface area (Å²) >= 11 is 3.59.